The average molecular weight is 316 g/mol. The van der Waals surface area contributed by atoms with Crippen molar-refractivity contribution in [2.75, 3.05) is 0 Å². The quantitative estimate of drug-likeness (QED) is 0.819. The van der Waals surface area contributed by atoms with Crippen LogP contribution in [0.2, 0.25) is 0 Å². The Labute approximate surface area is 136 Å². The molecule has 0 atom stereocenters. The van der Waals surface area contributed by atoms with Crippen LogP contribution in [0.15, 0.2) is 40.8 Å². The van der Waals surface area contributed by atoms with Crippen LogP contribution in [0.3, 0.4) is 0 Å². The standard InChI is InChI=1S/C18H24N2O3/c1-12-13(2)17(22)15(7-11-20-10-5-9-19-20)14(16(12)21)6-8-18(3,4)23/h5,9-10,23H,6-8,11H2,1-4H3. The van der Waals surface area contributed by atoms with Crippen LogP contribution in [-0.4, -0.2) is 32.1 Å². The number of aryl methyl sites for hydroxylation is 1. The maximum absolute atomic E-state index is 12.6. The molecule has 0 radical (unpaired) electrons. The van der Waals surface area contributed by atoms with Crippen molar-refractivity contribution in [2.24, 2.45) is 0 Å². The Morgan fingerprint density at radius 1 is 1.09 bits per heavy atom. The van der Waals surface area contributed by atoms with Gasteiger partial charge in [0.1, 0.15) is 0 Å². The van der Waals surface area contributed by atoms with Gasteiger partial charge in [-0.25, -0.2) is 0 Å². The molecule has 0 saturated carbocycles. The largest absolute Gasteiger partial charge is 0.390 e. The van der Waals surface area contributed by atoms with E-state index in [9.17, 15) is 14.7 Å². The molecular formula is C18H24N2O3. The van der Waals surface area contributed by atoms with Crippen molar-refractivity contribution >= 4 is 11.6 Å². The predicted molar refractivity (Wildman–Crippen MR) is 87.8 cm³/mol. The Hall–Kier alpha value is -2.01. The lowest BCUT2D eigenvalue weighted by Gasteiger charge is -2.23. The molecule has 1 aromatic heterocycles. The monoisotopic (exact) mass is 316 g/mol. The Morgan fingerprint density at radius 3 is 2.13 bits per heavy atom. The summed E-state index contributed by atoms with van der Waals surface area (Å²) >= 11 is 0. The minimum atomic E-state index is -0.868. The summed E-state index contributed by atoms with van der Waals surface area (Å²) in [6.45, 7) is 7.37. The predicted octanol–water partition coefficient (Wildman–Crippen LogP) is 2.61. The maximum atomic E-state index is 12.6. The second-order valence-electron chi connectivity index (χ2n) is 6.70. The first kappa shape index (κ1) is 17.3. The van der Waals surface area contributed by atoms with E-state index in [-0.39, 0.29) is 11.6 Å². The van der Waals surface area contributed by atoms with Crippen LogP contribution in [0.1, 0.15) is 47.0 Å². The summed E-state index contributed by atoms with van der Waals surface area (Å²) in [4.78, 5) is 25.2. The van der Waals surface area contributed by atoms with E-state index in [2.05, 4.69) is 5.10 Å². The van der Waals surface area contributed by atoms with Crippen LogP contribution in [-0.2, 0) is 16.1 Å². The average Bonchev–Trinajstić information content (AvgIpc) is 2.98. The van der Waals surface area contributed by atoms with Gasteiger partial charge in [-0.05, 0) is 53.0 Å². The van der Waals surface area contributed by atoms with Gasteiger partial charge in [0, 0.05) is 41.2 Å². The van der Waals surface area contributed by atoms with Gasteiger partial charge in [-0.2, -0.15) is 5.10 Å². The van der Waals surface area contributed by atoms with E-state index in [0.717, 1.165) is 0 Å². The Kier molecular flexibility index (Phi) is 5.00. The summed E-state index contributed by atoms with van der Waals surface area (Å²) in [6, 6.07) is 1.83. The molecule has 5 heteroatoms. The van der Waals surface area contributed by atoms with Gasteiger partial charge in [0.25, 0.3) is 0 Å². The fraction of sp³-hybridized carbons (Fsp3) is 0.500. The van der Waals surface area contributed by atoms with Gasteiger partial charge < -0.3 is 5.11 Å². The lowest BCUT2D eigenvalue weighted by atomic mass is 9.81. The normalized spacial score (nSPS) is 16.6. The number of carbonyl (C=O) groups is 2. The molecule has 5 nitrogen and oxygen atoms in total. The van der Waals surface area contributed by atoms with E-state index >= 15 is 0 Å². The van der Waals surface area contributed by atoms with Gasteiger partial charge >= 0.3 is 0 Å². The van der Waals surface area contributed by atoms with Crippen LogP contribution in [0.5, 0.6) is 0 Å². The zero-order chi connectivity index (χ0) is 17.2. The molecule has 0 aromatic carbocycles. The van der Waals surface area contributed by atoms with E-state index in [1.165, 1.54) is 0 Å². The molecule has 1 N–H and O–H groups in total. The molecular weight excluding hydrogens is 292 g/mol. The van der Waals surface area contributed by atoms with Crippen LogP contribution in [0, 0.1) is 0 Å². The SMILES string of the molecule is CC1=C(C)C(=O)C(CCC(C)(C)O)=C(CCn2cccn2)C1=O. The summed E-state index contributed by atoms with van der Waals surface area (Å²) in [5.41, 5.74) is 1.29. The van der Waals surface area contributed by atoms with Crippen molar-refractivity contribution in [1.29, 1.82) is 0 Å². The molecule has 23 heavy (non-hydrogen) atoms. The zero-order valence-corrected chi connectivity index (χ0v) is 14.2. The Balaban J connectivity index is 2.28. The molecule has 1 aliphatic carbocycles. The van der Waals surface area contributed by atoms with Gasteiger partial charge in [-0.1, -0.05) is 0 Å². The second kappa shape index (κ2) is 6.62. The summed E-state index contributed by atoms with van der Waals surface area (Å²) in [6.07, 6.45) is 4.84. The van der Waals surface area contributed by atoms with Gasteiger partial charge in [0.15, 0.2) is 11.6 Å². The van der Waals surface area contributed by atoms with E-state index in [4.69, 9.17) is 0 Å². The molecule has 0 fully saturated rings. The van der Waals surface area contributed by atoms with E-state index in [1.807, 2.05) is 12.3 Å². The van der Waals surface area contributed by atoms with Crippen LogP contribution in [0.25, 0.3) is 0 Å². The first-order valence-corrected chi connectivity index (χ1v) is 7.89. The summed E-state index contributed by atoms with van der Waals surface area (Å²) in [5.74, 6) is -0.123. The lowest BCUT2D eigenvalue weighted by molar-refractivity contribution is -0.116. The number of hydrogen-bond acceptors (Lipinski definition) is 4. The first-order valence-electron chi connectivity index (χ1n) is 7.89. The number of allylic oxidation sites excluding steroid dienone is 4. The molecule has 1 aromatic rings. The van der Waals surface area contributed by atoms with Gasteiger partial charge in [-0.15, -0.1) is 0 Å². The highest BCUT2D eigenvalue weighted by Crippen LogP contribution is 2.30. The lowest BCUT2D eigenvalue weighted by Crippen LogP contribution is -2.25. The third-order valence-electron chi connectivity index (χ3n) is 4.29. The number of nitrogens with zero attached hydrogens (tertiary/aromatic N) is 2. The Bertz CT molecular complexity index is 674. The van der Waals surface area contributed by atoms with Gasteiger partial charge in [0.05, 0.1) is 5.60 Å². The third-order valence-corrected chi connectivity index (χ3v) is 4.29. The highest BCUT2D eigenvalue weighted by atomic mass is 16.3. The number of rotatable bonds is 6. The summed E-state index contributed by atoms with van der Waals surface area (Å²) in [5, 5.41) is 14.1. The highest BCUT2D eigenvalue weighted by molar-refractivity contribution is 6.24. The smallest absolute Gasteiger partial charge is 0.185 e. The van der Waals surface area contributed by atoms with Crippen molar-refractivity contribution in [3.63, 3.8) is 0 Å². The van der Waals surface area contributed by atoms with Gasteiger partial charge in [0.2, 0.25) is 0 Å². The fourth-order valence-corrected chi connectivity index (χ4v) is 2.69. The number of carbonyl (C=O) groups excluding carboxylic acids is 2. The van der Waals surface area contributed by atoms with Crippen LogP contribution < -0.4 is 0 Å². The molecule has 1 aliphatic rings. The second-order valence-corrected chi connectivity index (χ2v) is 6.70. The van der Waals surface area contributed by atoms with Crippen molar-refractivity contribution < 1.29 is 14.7 Å². The summed E-state index contributed by atoms with van der Waals surface area (Å²) in [7, 11) is 0. The van der Waals surface area contributed by atoms with E-state index in [1.54, 1.807) is 38.6 Å². The molecule has 0 amide bonds. The third kappa shape index (κ3) is 4.05. The Morgan fingerprint density at radius 2 is 1.65 bits per heavy atom. The van der Waals surface area contributed by atoms with Crippen molar-refractivity contribution in [1.82, 2.24) is 9.78 Å². The minimum absolute atomic E-state index is 0.0556. The summed E-state index contributed by atoms with van der Waals surface area (Å²) < 4.78 is 1.75. The topological polar surface area (TPSA) is 72.2 Å². The highest BCUT2D eigenvalue weighted by Gasteiger charge is 2.30. The van der Waals surface area contributed by atoms with Crippen molar-refractivity contribution in [3.05, 3.63) is 40.8 Å². The molecule has 2 rings (SSSR count). The minimum Gasteiger partial charge on any atom is -0.390 e. The molecule has 124 valence electrons. The fourth-order valence-electron chi connectivity index (χ4n) is 2.69. The number of aromatic nitrogens is 2. The van der Waals surface area contributed by atoms with E-state index < -0.39 is 5.60 Å². The number of ketones is 2. The molecule has 0 bridgehead atoms. The molecule has 0 spiro atoms. The van der Waals surface area contributed by atoms with Crippen LogP contribution >= 0.6 is 0 Å². The van der Waals surface area contributed by atoms with Crippen LogP contribution in [0.4, 0.5) is 0 Å². The molecule has 0 aliphatic heterocycles. The first-order chi connectivity index (χ1) is 10.7. The van der Waals surface area contributed by atoms with Crippen molar-refractivity contribution in [3.8, 4) is 0 Å². The zero-order valence-electron chi connectivity index (χ0n) is 14.2. The maximum Gasteiger partial charge on any atom is 0.185 e. The number of hydrogen-bond donors (Lipinski definition) is 1. The molecule has 1 heterocycles. The van der Waals surface area contributed by atoms with Gasteiger partial charge in [-0.3, -0.25) is 14.3 Å². The van der Waals surface area contributed by atoms with Crippen molar-refractivity contribution in [2.45, 2.75) is 59.1 Å². The number of Topliss-reactive ketones (excluding diaryl/α,β-unsaturated/α-hetero) is 2. The molecule has 0 unspecified atom stereocenters. The van der Waals surface area contributed by atoms with E-state index in [0.29, 0.717) is 48.1 Å². The number of aliphatic hydroxyl groups is 1. The molecule has 0 saturated heterocycles.